The van der Waals surface area contributed by atoms with Crippen LogP contribution in [0.2, 0.25) is 0 Å². The molecule has 2 N–H and O–H groups in total. The fourth-order valence-electron chi connectivity index (χ4n) is 1.82. The minimum absolute atomic E-state index is 0.324. The summed E-state index contributed by atoms with van der Waals surface area (Å²) in [5.41, 5.74) is 1.79. The molecule has 0 aliphatic carbocycles. The Bertz CT molecular complexity index is 646. The zero-order valence-corrected chi connectivity index (χ0v) is 10.5. The Labute approximate surface area is 114 Å². The maximum Gasteiger partial charge on any atom is 0.372 e. The van der Waals surface area contributed by atoms with E-state index in [1.165, 1.54) is 6.20 Å². The molecule has 0 spiro atoms. The number of aliphatic carboxylic acids is 1. The first-order valence-electron chi connectivity index (χ1n) is 5.93. The fourth-order valence-corrected chi connectivity index (χ4v) is 1.82. The first-order valence-corrected chi connectivity index (χ1v) is 5.93. The summed E-state index contributed by atoms with van der Waals surface area (Å²) < 4.78 is 0. The predicted molar refractivity (Wildman–Crippen MR) is 69.4 cm³/mol. The quantitative estimate of drug-likeness (QED) is 0.468. The average Bonchev–Trinajstić information content (AvgIpc) is 2.88. The van der Waals surface area contributed by atoms with E-state index in [2.05, 4.69) is 9.97 Å². The maximum absolute atomic E-state index is 11.9. The number of nitrogens with one attached hydrogen (secondary N) is 1. The predicted octanol–water partition coefficient (Wildman–Crippen LogP) is 1.23. The third-order valence-corrected chi connectivity index (χ3v) is 2.79. The molecule has 0 fully saturated rings. The molecular formula is C14H12N2O4. The van der Waals surface area contributed by atoms with Crippen LogP contribution in [0.1, 0.15) is 28.0 Å². The van der Waals surface area contributed by atoms with Crippen LogP contribution in [-0.2, 0) is 16.0 Å². The van der Waals surface area contributed by atoms with Crippen molar-refractivity contribution in [1.29, 1.82) is 0 Å². The summed E-state index contributed by atoms with van der Waals surface area (Å²) in [4.78, 5) is 40.4. The van der Waals surface area contributed by atoms with Crippen LogP contribution in [0.25, 0.3) is 0 Å². The highest BCUT2D eigenvalue weighted by Crippen LogP contribution is 2.14. The summed E-state index contributed by atoms with van der Waals surface area (Å²) in [5, 5.41) is 8.51. The van der Waals surface area contributed by atoms with Crippen molar-refractivity contribution in [1.82, 2.24) is 9.97 Å². The van der Waals surface area contributed by atoms with E-state index >= 15 is 0 Å². The van der Waals surface area contributed by atoms with Gasteiger partial charge in [-0.2, -0.15) is 0 Å². The maximum atomic E-state index is 11.9. The Morgan fingerprint density at radius 3 is 2.65 bits per heavy atom. The zero-order chi connectivity index (χ0) is 14.5. The number of Topliss-reactive ketones (excluding diaryl/α,β-unsaturated/α-hetero) is 2. The van der Waals surface area contributed by atoms with Gasteiger partial charge in [-0.3, -0.25) is 14.6 Å². The molecule has 0 saturated carbocycles. The number of nitrogens with zero attached hydrogens (tertiary/aromatic N) is 1. The minimum Gasteiger partial charge on any atom is -0.475 e. The molecule has 0 unspecified atom stereocenters. The van der Waals surface area contributed by atoms with Gasteiger partial charge in [-0.05, 0) is 17.7 Å². The molecule has 102 valence electrons. The Morgan fingerprint density at radius 2 is 2.00 bits per heavy atom. The summed E-state index contributed by atoms with van der Waals surface area (Å²) in [6, 6.07) is 5.45. The van der Waals surface area contributed by atoms with Crippen LogP contribution in [0.4, 0.5) is 0 Å². The van der Waals surface area contributed by atoms with E-state index in [0.717, 1.165) is 5.69 Å². The summed E-state index contributed by atoms with van der Waals surface area (Å²) in [7, 11) is 0. The van der Waals surface area contributed by atoms with E-state index in [1.807, 2.05) is 12.1 Å². The number of aromatic amines is 1. The second kappa shape index (κ2) is 5.92. The monoisotopic (exact) mass is 272 g/mol. The van der Waals surface area contributed by atoms with Crippen molar-refractivity contribution in [3.05, 3.63) is 53.6 Å². The molecule has 6 heteroatoms. The molecule has 0 bridgehead atoms. The number of carbonyl (C=O) groups excluding carboxylic acids is 2. The van der Waals surface area contributed by atoms with Crippen molar-refractivity contribution < 1.29 is 19.5 Å². The van der Waals surface area contributed by atoms with Crippen LogP contribution < -0.4 is 0 Å². The lowest BCUT2D eigenvalue weighted by molar-refractivity contribution is -0.148. The Kier molecular flexibility index (Phi) is 4.05. The Balaban J connectivity index is 2.14. The van der Waals surface area contributed by atoms with Crippen LogP contribution in [0.3, 0.4) is 0 Å². The third-order valence-electron chi connectivity index (χ3n) is 2.79. The number of carboxylic acids is 1. The highest BCUT2D eigenvalue weighted by molar-refractivity contribution is 6.37. The average molecular weight is 272 g/mol. The van der Waals surface area contributed by atoms with E-state index in [4.69, 9.17) is 5.11 Å². The van der Waals surface area contributed by atoms with Gasteiger partial charge in [-0.25, -0.2) is 4.79 Å². The van der Waals surface area contributed by atoms with Gasteiger partial charge in [-0.1, -0.05) is 6.07 Å². The number of pyridine rings is 1. The lowest BCUT2D eigenvalue weighted by atomic mass is 10.0. The van der Waals surface area contributed by atoms with Crippen LogP contribution in [-0.4, -0.2) is 32.6 Å². The summed E-state index contributed by atoms with van der Waals surface area (Å²) in [6.45, 7) is 0. The molecule has 0 aromatic carbocycles. The Hall–Kier alpha value is -2.76. The van der Waals surface area contributed by atoms with Gasteiger partial charge in [0.1, 0.15) is 0 Å². The molecule has 2 rings (SSSR count). The van der Waals surface area contributed by atoms with Crippen molar-refractivity contribution in [3.63, 3.8) is 0 Å². The fraction of sp³-hybridized carbons (Fsp3) is 0.143. The molecule has 0 saturated heterocycles. The highest BCUT2D eigenvalue weighted by Gasteiger charge is 2.20. The molecule has 0 aliphatic heterocycles. The molecule has 6 nitrogen and oxygen atoms in total. The van der Waals surface area contributed by atoms with Crippen molar-refractivity contribution in [2.24, 2.45) is 0 Å². The smallest absolute Gasteiger partial charge is 0.372 e. The van der Waals surface area contributed by atoms with Crippen LogP contribution in [0.5, 0.6) is 0 Å². The SMILES string of the molecule is O=C(O)C(=O)CC(=O)c1c[nH]cc1Cc1ccccn1. The van der Waals surface area contributed by atoms with Gasteiger partial charge in [0, 0.05) is 36.3 Å². The molecule has 20 heavy (non-hydrogen) atoms. The van der Waals surface area contributed by atoms with Gasteiger partial charge in [0.25, 0.3) is 0 Å². The number of hydrogen-bond donors (Lipinski definition) is 2. The van der Waals surface area contributed by atoms with E-state index in [-0.39, 0.29) is 0 Å². The molecule has 0 aliphatic rings. The van der Waals surface area contributed by atoms with E-state index in [1.54, 1.807) is 18.5 Å². The van der Waals surface area contributed by atoms with Crippen molar-refractivity contribution in [2.75, 3.05) is 0 Å². The molecule has 0 amide bonds. The van der Waals surface area contributed by atoms with Gasteiger partial charge in [-0.15, -0.1) is 0 Å². The molecule has 0 radical (unpaired) electrons. The van der Waals surface area contributed by atoms with Crippen molar-refractivity contribution in [2.45, 2.75) is 12.8 Å². The van der Waals surface area contributed by atoms with Crippen LogP contribution >= 0.6 is 0 Å². The van der Waals surface area contributed by atoms with Gasteiger partial charge in [0.2, 0.25) is 5.78 Å². The van der Waals surface area contributed by atoms with Crippen LogP contribution in [0, 0.1) is 0 Å². The lowest BCUT2D eigenvalue weighted by Crippen LogP contribution is -2.17. The van der Waals surface area contributed by atoms with E-state index in [9.17, 15) is 14.4 Å². The third kappa shape index (κ3) is 3.17. The highest BCUT2D eigenvalue weighted by atomic mass is 16.4. The molecular weight excluding hydrogens is 260 g/mol. The van der Waals surface area contributed by atoms with Gasteiger partial charge in [0.05, 0.1) is 6.42 Å². The lowest BCUT2D eigenvalue weighted by Gasteiger charge is -2.02. The number of carbonyl (C=O) groups is 3. The molecule has 2 heterocycles. The largest absolute Gasteiger partial charge is 0.475 e. The first kappa shape index (κ1) is 13.7. The number of carboxylic acid groups (broad SMARTS) is 1. The minimum atomic E-state index is -1.60. The van der Waals surface area contributed by atoms with Gasteiger partial charge >= 0.3 is 5.97 Å². The van der Waals surface area contributed by atoms with Crippen molar-refractivity contribution in [3.8, 4) is 0 Å². The zero-order valence-electron chi connectivity index (χ0n) is 10.5. The molecule has 0 atom stereocenters. The first-order chi connectivity index (χ1) is 9.58. The normalized spacial score (nSPS) is 10.2. The van der Waals surface area contributed by atoms with E-state index < -0.39 is 24.0 Å². The van der Waals surface area contributed by atoms with E-state index in [0.29, 0.717) is 17.5 Å². The van der Waals surface area contributed by atoms with Crippen LogP contribution in [0.15, 0.2) is 36.8 Å². The Morgan fingerprint density at radius 1 is 1.20 bits per heavy atom. The molecule has 2 aromatic rings. The summed E-state index contributed by atoms with van der Waals surface area (Å²) in [6.07, 6.45) is 4.56. The van der Waals surface area contributed by atoms with Gasteiger partial charge < -0.3 is 10.1 Å². The number of H-pyrrole nitrogens is 1. The second-order valence-electron chi connectivity index (χ2n) is 4.22. The van der Waals surface area contributed by atoms with Gasteiger partial charge in [0.15, 0.2) is 5.78 Å². The number of hydrogen-bond acceptors (Lipinski definition) is 4. The number of aromatic nitrogens is 2. The van der Waals surface area contributed by atoms with Crippen molar-refractivity contribution >= 4 is 17.5 Å². The molecule has 2 aromatic heterocycles. The summed E-state index contributed by atoms with van der Waals surface area (Å²) in [5.74, 6) is -3.22. The number of rotatable bonds is 6. The second-order valence-corrected chi connectivity index (χ2v) is 4.22. The number of ketones is 2. The standard InChI is InChI=1S/C14H12N2O4/c17-12(6-13(18)14(19)20)11-8-15-7-9(11)5-10-3-1-2-4-16-10/h1-4,7-8,15H,5-6H2,(H,19,20). The topological polar surface area (TPSA) is 100 Å². The summed E-state index contributed by atoms with van der Waals surface area (Å²) >= 11 is 0.